The number of para-hydroxylation sites is 1. The van der Waals surface area contributed by atoms with Gasteiger partial charge in [-0.1, -0.05) is 32.0 Å². The van der Waals surface area contributed by atoms with Crippen molar-refractivity contribution in [1.29, 1.82) is 0 Å². The van der Waals surface area contributed by atoms with Gasteiger partial charge in [0.05, 0.1) is 11.1 Å². The van der Waals surface area contributed by atoms with Crippen molar-refractivity contribution in [3.63, 3.8) is 0 Å². The lowest BCUT2D eigenvalue weighted by Gasteiger charge is -2.17. The Kier molecular flexibility index (Phi) is 4.52. The number of benzene rings is 1. The second-order valence-electron chi connectivity index (χ2n) is 5.47. The molecule has 0 radical (unpaired) electrons. The van der Waals surface area contributed by atoms with Gasteiger partial charge in [-0.25, -0.2) is 0 Å². The average molecular weight is 285 g/mol. The van der Waals surface area contributed by atoms with Crippen molar-refractivity contribution in [2.75, 3.05) is 0 Å². The van der Waals surface area contributed by atoms with Crippen LogP contribution in [0.15, 0.2) is 36.5 Å². The number of rotatable bonds is 5. The first kappa shape index (κ1) is 15.0. The number of carbonyl (C=O) groups is 2. The molecule has 21 heavy (non-hydrogen) atoms. The van der Waals surface area contributed by atoms with Crippen LogP contribution in [0.3, 0.4) is 0 Å². The summed E-state index contributed by atoms with van der Waals surface area (Å²) in [6.07, 6.45) is 2.02. The summed E-state index contributed by atoms with van der Waals surface area (Å²) in [6, 6.07) is 8.63. The molecule has 5 heteroatoms. The summed E-state index contributed by atoms with van der Waals surface area (Å²) in [7, 11) is 0. The van der Waals surface area contributed by atoms with Crippen molar-refractivity contribution >= 4 is 22.7 Å². The summed E-state index contributed by atoms with van der Waals surface area (Å²) in [5.74, 6) is -0.596. The minimum Gasteiger partial charge on any atom is -0.368 e. The third kappa shape index (κ3) is 3.78. The summed E-state index contributed by atoms with van der Waals surface area (Å²) in [5, 5.41) is 3.55. The molecule has 0 saturated carbocycles. The maximum absolute atomic E-state index is 12.2. The van der Waals surface area contributed by atoms with Crippen molar-refractivity contribution < 1.29 is 9.59 Å². The van der Waals surface area contributed by atoms with Gasteiger partial charge >= 0.3 is 0 Å². The van der Waals surface area contributed by atoms with Crippen molar-refractivity contribution in [1.82, 2.24) is 10.3 Å². The molecule has 5 nitrogen and oxygen atoms in total. The average Bonchev–Trinajstić information content (AvgIpc) is 2.45. The van der Waals surface area contributed by atoms with Gasteiger partial charge in [0, 0.05) is 11.6 Å². The Labute approximate surface area is 123 Å². The van der Waals surface area contributed by atoms with E-state index in [0.717, 1.165) is 10.9 Å². The number of nitrogens with two attached hydrogens (primary N) is 1. The fourth-order valence-corrected chi connectivity index (χ4v) is 2.15. The first-order valence-electron chi connectivity index (χ1n) is 6.92. The fraction of sp³-hybridized carbons (Fsp3) is 0.312. The van der Waals surface area contributed by atoms with E-state index < -0.39 is 11.9 Å². The van der Waals surface area contributed by atoms with Gasteiger partial charge in [-0.2, -0.15) is 0 Å². The maximum atomic E-state index is 12.2. The minimum absolute atomic E-state index is 0.262. The Bertz CT molecular complexity index is 667. The monoisotopic (exact) mass is 285 g/mol. The molecule has 0 bridgehead atoms. The van der Waals surface area contributed by atoms with Crippen molar-refractivity contribution in [3.8, 4) is 0 Å². The van der Waals surface area contributed by atoms with Crippen LogP contribution < -0.4 is 11.1 Å². The Balaban J connectivity index is 2.19. The molecule has 1 atom stereocenters. The number of hydrogen-bond acceptors (Lipinski definition) is 3. The molecule has 1 aromatic heterocycles. The Morgan fingerprint density at radius 2 is 2.00 bits per heavy atom. The van der Waals surface area contributed by atoms with Crippen LogP contribution in [0.25, 0.3) is 10.9 Å². The molecule has 2 aromatic rings. The molecule has 0 aliphatic heterocycles. The van der Waals surface area contributed by atoms with Gasteiger partial charge in [-0.15, -0.1) is 0 Å². The van der Waals surface area contributed by atoms with Gasteiger partial charge in [0.1, 0.15) is 6.04 Å². The summed E-state index contributed by atoms with van der Waals surface area (Å²) in [4.78, 5) is 27.9. The van der Waals surface area contributed by atoms with E-state index in [-0.39, 0.29) is 11.8 Å². The van der Waals surface area contributed by atoms with Gasteiger partial charge in [0.25, 0.3) is 5.91 Å². The number of hydrogen-bond donors (Lipinski definition) is 2. The van der Waals surface area contributed by atoms with Crippen LogP contribution in [0, 0.1) is 5.92 Å². The molecule has 3 N–H and O–H groups in total. The van der Waals surface area contributed by atoms with E-state index in [1.54, 1.807) is 6.07 Å². The number of fused-ring (bicyclic) bond motifs is 1. The standard InChI is InChI=1S/C16H19N3O2/c1-10(2)7-14(15(17)20)19-16(21)12-8-11-5-3-4-6-13(11)18-9-12/h3-6,8-10,14H,7H2,1-2H3,(H2,17,20)(H,19,21)/t14-/m0/s1. The van der Waals surface area contributed by atoms with Crippen LogP contribution in [0.1, 0.15) is 30.6 Å². The summed E-state index contributed by atoms with van der Waals surface area (Å²) < 4.78 is 0. The van der Waals surface area contributed by atoms with E-state index in [2.05, 4.69) is 10.3 Å². The molecule has 0 spiro atoms. The minimum atomic E-state index is -0.663. The molecule has 2 amide bonds. The zero-order chi connectivity index (χ0) is 15.4. The van der Waals surface area contributed by atoms with Crippen LogP contribution in [-0.4, -0.2) is 22.8 Å². The summed E-state index contributed by atoms with van der Waals surface area (Å²) in [5.41, 5.74) is 6.57. The van der Waals surface area contributed by atoms with Crippen LogP contribution in [0.4, 0.5) is 0 Å². The number of nitrogens with zero attached hydrogens (tertiary/aromatic N) is 1. The van der Waals surface area contributed by atoms with Gasteiger partial charge in [0.15, 0.2) is 0 Å². The zero-order valence-electron chi connectivity index (χ0n) is 12.2. The molecular formula is C16H19N3O2. The largest absolute Gasteiger partial charge is 0.368 e. The second kappa shape index (κ2) is 6.35. The van der Waals surface area contributed by atoms with Gasteiger partial charge in [-0.05, 0) is 24.5 Å². The lowest BCUT2D eigenvalue weighted by Crippen LogP contribution is -2.45. The first-order chi connectivity index (χ1) is 9.97. The van der Waals surface area contributed by atoms with Gasteiger partial charge in [0.2, 0.25) is 5.91 Å². The smallest absolute Gasteiger partial charge is 0.253 e. The van der Waals surface area contributed by atoms with Gasteiger partial charge in [-0.3, -0.25) is 14.6 Å². The topological polar surface area (TPSA) is 85.1 Å². The molecule has 2 rings (SSSR count). The molecule has 0 saturated heterocycles. The molecule has 110 valence electrons. The lowest BCUT2D eigenvalue weighted by atomic mass is 10.0. The van der Waals surface area contributed by atoms with Crippen LogP contribution in [-0.2, 0) is 4.79 Å². The number of amides is 2. The van der Waals surface area contributed by atoms with Crippen LogP contribution in [0.5, 0.6) is 0 Å². The Morgan fingerprint density at radius 1 is 1.29 bits per heavy atom. The van der Waals surface area contributed by atoms with Crippen molar-refractivity contribution in [2.45, 2.75) is 26.3 Å². The third-order valence-corrected chi connectivity index (χ3v) is 3.21. The van der Waals surface area contributed by atoms with Crippen LogP contribution in [0.2, 0.25) is 0 Å². The number of primary amides is 1. The summed E-state index contributed by atoms with van der Waals surface area (Å²) >= 11 is 0. The number of aromatic nitrogens is 1. The maximum Gasteiger partial charge on any atom is 0.253 e. The molecule has 1 aromatic carbocycles. The predicted octanol–water partition coefficient (Wildman–Crippen LogP) is 1.86. The summed E-state index contributed by atoms with van der Waals surface area (Å²) in [6.45, 7) is 3.94. The second-order valence-corrected chi connectivity index (χ2v) is 5.47. The van der Waals surface area contributed by atoms with E-state index in [4.69, 9.17) is 5.73 Å². The zero-order valence-corrected chi connectivity index (χ0v) is 12.2. The number of pyridine rings is 1. The third-order valence-electron chi connectivity index (χ3n) is 3.21. The molecule has 0 unspecified atom stereocenters. The molecule has 0 fully saturated rings. The highest BCUT2D eigenvalue weighted by Crippen LogP contribution is 2.13. The van der Waals surface area contributed by atoms with E-state index in [9.17, 15) is 9.59 Å². The SMILES string of the molecule is CC(C)C[C@H](NC(=O)c1cnc2ccccc2c1)C(N)=O. The highest BCUT2D eigenvalue weighted by Gasteiger charge is 2.20. The molecule has 0 aliphatic carbocycles. The number of nitrogens with one attached hydrogen (secondary N) is 1. The van der Waals surface area contributed by atoms with E-state index in [1.165, 1.54) is 6.20 Å². The highest BCUT2D eigenvalue weighted by molar-refractivity contribution is 5.99. The van der Waals surface area contributed by atoms with Crippen molar-refractivity contribution in [2.24, 2.45) is 11.7 Å². The van der Waals surface area contributed by atoms with Crippen molar-refractivity contribution in [3.05, 3.63) is 42.1 Å². The number of carbonyl (C=O) groups excluding carboxylic acids is 2. The normalized spacial score (nSPS) is 12.3. The lowest BCUT2D eigenvalue weighted by molar-refractivity contribution is -0.120. The Hall–Kier alpha value is -2.43. The molecular weight excluding hydrogens is 266 g/mol. The quantitative estimate of drug-likeness (QED) is 0.879. The highest BCUT2D eigenvalue weighted by atomic mass is 16.2. The van der Waals surface area contributed by atoms with E-state index >= 15 is 0 Å². The van der Waals surface area contributed by atoms with Gasteiger partial charge < -0.3 is 11.1 Å². The molecule has 1 heterocycles. The van der Waals surface area contributed by atoms with Crippen LogP contribution >= 0.6 is 0 Å². The van der Waals surface area contributed by atoms with E-state index in [0.29, 0.717) is 12.0 Å². The Morgan fingerprint density at radius 3 is 2.67 bits per heavy atom. The van der Waals surface area contributed by atoms with E-state index in [1.807, 2.05) is 38.1 Å². The molecule has 0 aliphatic rings. The first-order valence-corrected chi connectivity index (χ1v) is 6.92. The predicted molar refractivity (Wildman–Crippen MR) is 81.6 cm³/mol. The fourth-order valence-electron chi connectivity index (χ4n) is 2.15.